The van der Waals surface area contributed by atoms with Crippen molar-refractivity contribution in [2.24, 2.45) is 5.41 Å². The molecule has 0 saturated heterocycles. The van der Waals surface area contributed by atoms with Gasteiger partial charge in [0.05, 0.1) is 0 Å². The molecule has 0 bridgehead atoms. The van der Waals surface area contributed by atoms with Gasteiger partial charge in [-0.1, -0.05) is 54.4 Å². The molecule has 0 rings (SSSR count). The number of hydrogen-bond donors (Lipinski definition) is 1. The summed E-state index contributed by atoms with van der Waals surface area (Å²) in [6, 6.07) is 1.34. The number of rotatable bonds is 7. The van der Waals surface area contributed by atoms with Crippen LogP contribution in [0.2, 0.25) is 0 Å². The van der Waals surface area contributed by atoms with E-state index in [0.29, 0.717) is 11.5 Å². The summed E-state index contributed by atoms with van der Waals surface area (Å²) in [5.41, 5.74) is 0.475. The monoisotopic (exact) mass is 213 g/mol. The van der Waals surface area contributed by atoms with E-state index in [2.05, 4.69) is 46.9 Å². The average molecular weight is 213 g/mol. The molecular weight excluding hydrogens is 182 g/mol. The van der Waals surface area contributed by atoms with Crippen LogP contribution in [0, 0.1) is 5.41 Å². The first-order chi connectivity index (χ1) is 6.85. The van der Waals surface area contributed by atoms with Crippen LogP contribution in [0.3, 0.4) is 0 Å². The lowest BCUT2D eigenvalue weighted by Crippen LogP contribution is -2.35. The normalized spacial score (nSPS) is 14.6. The summed E-state index contributed by atoms with van der Waals surface area (Å²) in [6.07, 6.45) is 6.65. The molecule has 0 aromatic rings. The summed E-state index contributed by atoms with van der Waals surface area (Å²) < 4.78 is 0. The van der Waals surface area contributed by atoms with Crippen LogP contribution in [0.25, 0.3) is 0 Å². The summed E-state index contributed by atoms with van der Waals surface area (Å²) in [4.78, 5) is 0. The van der Waals surface area contributed by atoms with Gasteiger partial charge in [-0.3, -0.25) is 0 Å². The van der Waals surface area contributed by atoms with Crippen molar-refractivity contribution in [3.05, 3.63) is 0 Å². The first kappa shape index (κ1) is 15.0. The second-order valence-electron chi connectivity index (χ2n) is 6.26. The van der Waals surface area contributed by atoms with Crippen molar-refractivity contribution in [1.29, 1.82) is 0 Å². The molecule has 1 atom stereocenters. The molecule has 1 unspecified atom stereocenters. The van der Waals surface area contributed by atoms with E-state index in [9.17, 15) is 0 Å². The van der Waals surface area contributed by atoms with Crippen LogP contribution in [-0.4, -0.2) is 12.1 Å². The molecule has 1 N–H and O–H groups in total. The second kappa shape index (κ2) is 7.27. The Morgan fingerprint density at radius 1 is 1.07 bits per heavy atom. The van der Waals surface area contributed by atoms with E-state index in [1.165, 1.54) is 32.1 Å². The van der Waals surface area contributed by atoms with E-state index in [0.717, 1.165) is 6.04 Å². The molecule has 0 aromatic carbocycles. The Morgan fingerprint density at radius 3 is 2.07 bits per heavy atom. The van der Waals surface area contributed by atoms with Gasteiger partial charge in [0.15, 0.2) is 0 Å². The second-order valence-corrected chi connectivity index (χ2v) is 6.26. The van der Waals surface area contributed by atoms with Gasteiger partial charge in [-0.05, 0) is 24.7 Å². The van der Waals surface area contributed by atoms with Gasteiger partial charge in [0.1, 0.15) is 0 Å². The summed E-state index contributed by atoms with van der Waals surface area (Å²) in [5.74, 6) is 0. The molecule has 1 nitrogen and oxygen atoms in total. The van der Waals surface area contributed by atoms with Crippen LogP contribution in [0.1, 0.15) is 73.6 Å². The maximum atomic E-state index is 3.69. The minimum Gasteiger partial charge on any atom is -0.312 e. The molecule has 15 heavy (non-hydrogen) atoms. The highest BCUT2D eigenvalue weighted by Crippen LogP contribution is 2.23. The van der Waals surface area contributed by atoms with E-state index < -0.39 is 0 Å². The third-order valence-electron chi connectivity index (χ3n) is 2.72. The molecule has 0 amide bonds. The Kier molecular flexibility index (Phi) is 7.25. The lowest BCUT2D eigenvalue weighted by Gasteiger charge is -2.25. The number of nitrogens with one attached hydrogen (secondary N) is 1. The van der Waals surface area contributed by atoms with Crippen molar-refractivity contribution in [3.8, 4) is 0 Å². The van der Waals surface area contributed by atoms with Gasteiger partial charge in [-0.15, -0.1) is 0 Å². The van der Waals surface area contributed by atoms with E-state index >= 15 is 0 Å². The van der Waals surface area contributed by atoms with Gasteiger partial charge in [0.2, 0.25) is 0 Å². The molecule has 0 aromatic heterocycles. The zero-order chi connectivity index (χ0) is 11.9. The zero-order valence-corrected chi connectivity index (χ0v) is 11.7. The van der Waals surface area contributed by atoms with Crippen molar-refractivity contribution in [3.63, 3.8) is 0 Å². The summed E-state index contributed by atoms with van der Waals surface area (Å²) in [5, 5.41) is 3.69. The van der Waals surface area contributed by atoms with E-state index in [1.807, 2.05) is 0 Å². The first-order valence-corrected chi connectivity index (χ1v) is 6.61. The third kappa shape index (κ3) is 10.2. The van der Waals surface area contributed by atoms with Crippen LogP contribution < -0.4 is 5.32 Å². The highest BCUT2D eigenvalue weighted by molar-refractivity contribution is 4.73. The SMILES string of the molecule is CCCCC(CCC(C)(C)C)NC(C)C. The van der Waals surface area contributed by atoms with Crippen LogP contribution in [0.15, 0.2) is 0 Å². The Hall–Kier alpha value is -0.0400. The van der Waals surface area contributed by atoms with Gasteiger partial charge >= 0.3 is 0 Å². The topological polar surface area (TPSA) is 12.0 Å². The Labute approximate surface area is 97.0 Å². The highest BCUT2D eigenvalue weighted by atomic mass is 14.9. The predicted molar refractivity (Wildman–Crippen MR) is 70.3 cm³/mol. The van der Waals surface area contributed by atoms with Crippen molar-refractivity contribution >= 4 is 0 Å². The highest BCUT2D eigenvalue weighted by Gasteiger charge is 2.15. The molecule has 0 radical (unpaired) electrons. The van der Waals surface area contributed by atoms with Gasteiger partial charge in [-0.2, -0.15) is 0 Å². The van der Waals surface area contributed by atoms with Crippen molar-refractivity contribution in [1.82, 2.24) is 5.32 Å². The molecule has 0 spiro atoms. The summed E-state index contributed by atoms with van der Waals surface area (Å²) in [7, 11) is 0. The average Bonchev–Trinajstić information content (AvgIpc) is 2.07. The Morgan fingerprint density at radius 2 is 1.67 bits per heavy atom. The van der Waals surface area contributed by atoms with Gasteiger partial charge in [0, 0.05) is 12.1 Å². The van der Waals surface area contributed by atoms with E-state index in [-0.39, 0.29) is 0 Å². The minimum absolute atomic E-state index is 0.475. The fourth-order valence-electron chi connectivity index (χ4n) is 1.84. The molecular formula is C14H31N. The molecule has 0 aliphatic rings. The Balaban J connectivity index is 3.89. The fraction of sp³-hybridized carbons (Fsp3) is 1.00. The van der Waals surface area contributed by atoms with Gasteiger partial charge in [0.25, 0.3) is 0 Å². The molecule has 0 saturated carbocycles. The first-order valence-electron chi connectivity index (χ1n) is 6.61. The minimum atomic E-state index is 0.475. The van der Waals surface area contributed by atoms with Crippen LogP contribution >= 0.6 is 0 Å². The van der Waals surface area contributed by atoms with Crippen molar-refractivity contribution in [2.45, 2.75) is 85.7 Å². The molecule has 92 valence electrons. The van der Waals surface area contributed by atoms with Crippen molar-refractivity contribution < 1.29 is 0 Å². The maximum absolute atomic E-state index is 3.69. The van der Waals surface area contributed by atoms with Gasteiger partial charge in [-0.25, -0.2) is 0 Å². The van der Waals surface area contributed by atoms with E-state index in [4.69, 9.17) is 0 Å². The molecule has 0 aliphatic carbocycles. The lowest BCUT2D eigenvalue weighted by atomic mass is 9.87. The van der Waals surface area contributed by atoms with E-state index in [1.54, 1.807) is 0 Å². The van der Waals surface area contributed by atoms with Crippen LogP contribution in [-0.2, 0) is 0 Å². The molecule has 0 aliphatic heterocycles. The predicted octanol–water partition coefficient (Wildman–Crippen LogP) is 4.37. The third-order valence-corrected chi connectivity index (χ3v) is 2.72. The largest absolute Gasteiger partial charge is 0.312 e. The van der Waals surface area contributed by atoms with Crippen LogP contribution in [0.4, 0.5) is 0 Å². The number of hydrogen-bond acceptors (Lipinski definition) is 1. The number of unbranched alkanes of at least 4 members (excludes halogenated alkanes) is 1. The molecule has 0 fully saturated rings. The Bertz CT molecular complexity index is 144. The van der Waals surface area contributed by atoms with Crippen LogP contribution in [0.5, 0.6) is 0 Å². The summed E-state index contributed by atoms with van der Waals surface area (Å²) >= 11 is 0. The molecule has 0 heterocycles. The lowest BCUT2D eigenvalue weighted by molar-refractivity contribution is 0.310. The zero-order valence-electron chi connectivity index (χ0n) is 11.7. The quantitative estimate of drug-likeness (QED) is 0.662. The maximum Gasteiger partial charge on any atom is 0.00696 e. The standard InChI is InChI=1S/C14H31N/c1-7-8-9-13(15-12(2)3)10-11-14(4,5)6/h12-13,15H,7-11H2,1-6H3. The summed E-state index contributed by atoms with van der Waals surface area (Å²) in [6.45, 7) is 13.8. The fourth-order valence-corrected chi connectivity index (χ4v) is 1.84. The van der Waals surface area contributed by atoms with Gasteiger partial charge < -0.3 is 5.32 Å². The van der Waals surface area contributed by atoms with Crippen molar-refractivity contribution in [2.75, 3.05) is 0 Å². The smallest absolute Gasteiger partial charge is 0.00696 e. The molecule has 1 heteroatoms.